The third-order valence-corrected chi connectivity index (χ3v) is 8.12. The van der Waals surface area contributed by atoms with Gasteiger partial charge in [0.2, 0.25) is 0 Å². The van der Waals surface area contributed by atoms with E-state index in [-0.39, 0.29) is 17.4 Å². The van der Waals surface area contributed by atoms with Crippen molar-refractivity contribution in [2.45, 2.75) is 24.2 Å². The van der Waals surface area contributed by atoms with Crippen LogP contribution in [0.15, 0.2) is 88.9 Å². The molecule has 3 aromatic carbocycles. The second-order valence-electron chi connectivity index (χ2n) is 9.12. The second-order valence-corrected chi connectivity index (χ2v) is 11.0. The Hall–Kier alpha value is -4.38. The molecule has 0 atom stereocenters. The molecule has 1 saturated heterocycles. The summed E-state index contributed by atoms with van der Waals surface area (Å²) < 4.78 is 38.5. The van der Waals surface area contributed by atoms with Gasteiger partial charge in [0.25, 0.3) is 21.8 Å². The second kappa shape index (κ2) is 13.6. The normalized spacial score (nSPS) is 13.6. The summed E-state index contributed by atoms with van der Waals surface area (Å²) in [7, 11) is -2.52. The third kappa shape index (κ3) is 7.60. The zero-order chi connectivity index (χ0) is 28.4. The van der Waals surface area contributed by atoms with Gasteiger partial charge in [-0.1, -0.05) is 18.2 Å². The SMILES string of the molecule is COc1ccc(N(CC(=O)N/N=C\c2ccc(OCC(=O)N3CCCCC3)cc2)S(=O)(=O)c2ccccc2)cc1. The van der Waals surface area contributed by atoms with Crippen LogP contribution < -0.4 is 19.2 Å². The van der Waals surface area contributed by atoms with Crippen molar-refractivity contribution in [3.8, 4) is 11.5 Å². The highest BCUT2D eigenvalue weighted by molar-refractivity contribution is 7.92. The first-order valence-corrected chi connectivity index (χ1v) is 14.4. The summed E-state index contributed by atoms with van der Waals surface area (Å²) in [6.07, 6.45) is 4.64. The lowest BCUT2D eigenvalue weighted by Gasteiger charge is -2.26. The summed E-state index contributed by atoms with van der Waals surface area (Å²) in [5.41, 5.74) is 3.37. The first-order valence-electron chi connectivity index (χ1n) is 12.9. The molecule has 2 amide bonds. The Bertz CT molecular complexity index is 1410. The van der Waals surface area contributed by atoms with Crippen molar-refractivity contribution >= 4 is 33.7 Å². The van der Waals surface area contributed by atoms with Gasteiger partial charge in [0.05, 0.1) is 23.9 Å². The Morgan fingerprint density at radius 3 is 2.23 bits per heavy atom. The number of benzene rings is 3. The summed E-state index contributed by atoms with van der Waals surface area (Å²) >= 11 is 0. The Labute approximate surface area is 234 Å². The number of amides is 2. The largest absolute Gasteiger partial charge is 0.497 e. The molecule has 4 rings (SSSR count). The van der Waals surface area contributed by atoms with Gasteiger partial charge in [-0.05, 0) is 85.5 Å². The van der Waals surface area contributed by atoms with Gasteiger partial charge in [-0.3, -0.25) is 13.9 Å². The molecule has 10 nitrogen and oxygen atoms in total. The number of nitrogens with one attached hydrogen (secondary N) is 1. The molecule has 1 heterocycles. The maximum Gasteiger partial charge on any atom is 0.264 e. The van der Waals surface area contributed by atoms with Crippen LogP contribution in [0.3, 0.4) is 0 Å². The Balaban J connectivity index is 1.36. The molecule has 3 aromatic rings. The van der Waals surface area contributed by atoms with Crippen LogP contribution in [-0.4, -0.2) is 64.7 Å². The minimum absolute atomic E-state index is 0.0138. The van der Waals surface area contributed by atoms with Crippen LogP contribution in [0.5, 0.6) is 11.5 Å². The molecule has 0 bridgehead atoms. The average molecular weight is 565 g/mol. The van der Waals surface area contributed by atoms with E-state index >= 15 is 0 Å². The zero-order valence-electron chi connectivity index (χ0n) is 22.2. The van der Waals surface area contributed by atoms with Crippen molar-refractivity contribution in [3.05, 3.63) is 84.4 Å². The minimum Gasteiger partial charge on any atom is -0.497 e. The van der Waals surface area contributed by atoms with Crippen LogP contribution >= 0.6 is 0 Å². The van der Waals surface area contributed by atoms with Gasteiger partial charge in [-0.25, -0.2) is 13.8 Å². The number of hydrogen-bond acceptors (Lipinski definition) is 7. The molecule has 210 valence electrons. The lowest BCUT2D eigenvalue weighted by atomic mass is 10.1. The zero-order valence-corrected chi connectivity index (χ0v) is 23.0. The highest BCUT2D eigenvalue weighted by atomic mass is 32.2. The molecule has 1 fully saturated rings. The molecule has 1 aliphatic heterocycles. The van der Waals surface area contributed by atoms with Gasteiger partial charge >= 0.3 is 0 Å². The van der Waals surface area contributed by atoms with Crippen molar-refractivity contribution in [1.29, 1.82) is 0 Å². The molecule has 1 N–H and O–H groups in total. The lowest BCUT2D eigenvalue weighted by molar-refractivity contribution is -0.134. The summed E-state index contributed by atoms with van der Waals surface area (Å²) in [6, 6.07) is 21.2. The first-order chi connectivity index (χ1) is 19.4. The van der Waals surface area contributed by atoms with E-state index in [4.69, 9.17) is 9.47 Å². The van der Waals surface area contributed by atoms with E-state index in [0.29, 0.717) is 22.7 Å². The van der Waals surface area contributed by atoms with Crippen molar-refractivity contribution < 1.29 is 27.5 Å². The first kappa shape index (κ1) is 28.6. The predicted molar refractivity (Wildman–Crippen MR) is 152 cm³/mol. The Morgan fingerprint density at radius 2 is 1.57 bits per heavy atom. The van der Waals surface area contributed by atoms with E-state index in [1.54, 1.807) is 66.7 Å². The molecule has 11 heteroatoms. The van der Waals surface area contributed by atoms with Crippen LogP contribution in [0.2, 0.25) is 0 Å². The molecular weight excluding hydrogens is 532 g/mol. The number of carbonyl (C=O) groups is 2. The fourth-order valence-corrected chi connectivity index (χ4v) is 5.60. The molecule has 0 spiro atoms. The highest BCUT2D eigenvalue weighted by Crippen LogP contribution is 2.25. The fraction of sp³-hybridized carbons (Fsp3) is 0.276. The Morgan fingerprint density at radius 1 is 0.925 bits per heavy atom. The summed E-state index contributed by atoms with van der Waals surface area (Å²) in [6.45, 7) is 1.05. The van der Waals surface area contributed by atoms with Gasteiger partial charge in [0.15, 0.2) is 6.61 Å². The van der Waals surface area contributed by atoms with E-state index in [0.717, 1.165) is 36.7 Å². The van der Waals surface area contributed by atoms with E-state index in [1.165, 1.54) is 25.5 Å². The molecule has 0 saturated carbocycles. The fourth-order valence-electron chi connectivity index (χ4n) is 4.16. The quantitative estimate of drug-likeness (QED) is 0.282. The molecule has 0 aromatic heterocycles. The van der Waals surface area contributed by atoms with Gasteiger partial charge in [0.1, 0.15) is 18.0 Å². The Kier molecular flexibility index (Phi) is 9.74. The summed E-state index contributed by atoms with van der Waals surface area (Å²) in [5, 5.41) is 3.97. The van der Waals surface area contributed by atoms with Crippen molar-refractivity contribution in [1.82, 2.24) is 10.3 Å². The van der Waals surface area contributed by atoms with Crippen molar-refractivity contribution in [2.75, 3.05) is 37.7 Å². The van der Waals surface area contributed by atoms with Crippen LogP contribution in [0.1, 0.15) is 24.8 Å². The van der Waals surface area contributed by atoms with Gasteiger partial charge in [-0.15, -0.1) is 0 Å². The van der Waals surface area contributed by atoms with E-state index in [1.807, 2.05) is 4.90 Å². The minimum atomic E-state index is -4.03. The predicted octanol–water partition coefficient (Wildman–Crippen LogP) is 3.43. The van der Waals surface area contributed by atoms with E-state index in [9.17, 15) is 18.0 Å². The number of rotatable bonds is 11. The topological polar surface area (TPSA) is 118 Å². The van der Waals surface area contributed by atoms with Crippen molar-refractivity contribution in [3.63, 3.8) is 0 Å². The van der Waals surface area contributed by atoms with Crippen LogP contribution in [-0.2, 0) is 19.6 Å². The average Bonchev–Trinajstić information content (AvgIpc) is 3.00. The maximum absolute atomic E-state index is 13.4. The number of sulfonamides is 1. The summed E-state index contributed by atoms with van der Waals surface area (Å²) in [4.78, 5) is 26.9. The number of piperidine rings is 1. The maximum atomic E-state index is 13.4. The number of likely N-dealkylation sites (tertiary alicyclic amines) is 1. The van der Waals surface area contributed by atoms with Crippen LogP contribution in [0.25, 0.3) is 0 Å². The molecule has 1 aliphatic rings. The van der Waals surface area contributed by atoms with Crippen molar-refractivity contribution in [2.24, 2.45) is 5.10 Å². The number of nitrogens with zero attached hydrogens (tertiary/aromatic N) is 3. The number of methoxy groups -OCH3 is 1. The molecule has 0 radical (unpaired) electrons. The summed E-state index contributed by atoms with van der Waals surface area (Å²) in [5.74, 6) is 0.460. The van der Waals surface area contributed by atoms with Gasteiger partial charge in [-0.2, -0.15) is 5.10 Å². The highest BCUT2D eigenvalue weighted by Gasteiger charge is 2.27. The standard InChI is InChI=1S/C29H32N4O6S/c1-38-25-16-12-24(13-17-25)33(40(36,37)27-8-4-2-5-9-27)21-28(34)31-30-20-23-10-14-26(15-11-23)39-22-29(35)32-18-6-3-7-19-32/h2,4-5,8-17,20H,3,6-7,18-19,21-22H2,1H3,(H,31,34)/b30-20-. The number of hydrazone groups is 1. The smallest absolute Gasteiger partial charge is 0.264 e. The molecular formula is C29H32N4O6S. The molecule has 40 heavy (non-hydrogen) atoms. The molecule has 0 unspecified atom stereocenters. The number of carbonyl (C=O) groups excluding carboxylic acids is 2. The lowest BCUT2D eigenvalue weighted by Crippen LogP contribution is -2.39. The van der Waals surface area contributed by atoms with Crippen LogP contribution in [0.4, 0.5) is 5.69 Å². The third-order valence-electron chi connectivity index (χ3n) is 6.33. The number of ether oxygens (including phenoxy) is 2. The monoisotopic (exact) mass is 564 g/mol. The van der Waals surface area contributed by atoms with Gasteiger partial charge < -0.3 is 14.4 Å². The van der Waals surface area contributed by atoms with Gasteiger partial charge in [0, 0.05) is 13.1 Å². The molecule has 0 aliphatic carbocycles. The van der Waals surface area contributed by atoms with Crippen LogP contribution in [0, 0.1) is 0 Å². The van der Waals surface area contributed by atoms with E-state index in [2.05, 4.69) is 10.5 Å². The van der Waals surface area contributed by atoms with E-state index < -0.39 is 22.5 Å². The number of hydrogen-bond donors (Lipinski definition) is 1. The number of anilines is 1.